The van der Waals surface area contributed by atoms with Crippen LogP contribution in [0.2, 0.25) is 5.02 Å². The van der Waals surface area contributed by atoms with Crippen LogP contribution >= 0.6 is 23.4 Å². The van der Waals surface area contributed by atoms with Crippen molar-refractivity contribution in [3.63, 3.8) is 0 Å². The summed E-state index contributed by atoms with van der Waals surface area (Å²) in [5, 5.41) is 16.7. The van der Waals surface area contributed by atoms with Crippen LogP contribution in [0.1, 0.15) is 55.1 Å². The Hall–Kier alpha value is -2.64. The normalized spacial score (nSPS) is 17.2. The van der Waals surface area contributed by atoms with Crippen LogP contribution in [0.4, 0.5) is 0 Å². The van der Waals surface area contributed by atoms with E-state index in [2.05, 4.69) is 21.6 Å². The van der Waals surface area contributed by atoms with E-state index in [-0.39, 0.29) is 11.4 Å². The van der Waals surface area contributed by atoms with E-state index in [0.29, 0.717) is 10.2 Å². The Balaban J connectivity index is 1.65. The molecule has 1 N–H and O–H groups in total. The second-order valence-corrected chi connectivity index (χ2v) is 9.51. The molecular weight excluding hydrogens is 442 g/mol. The Morgan fingerprint density at radius 1 is 1.19 bits per heavy atom. The summed E-state index contributed by atoms with van der Waals surface area (Å²) in [6.45, 7) is 8.14. The maximum absolute atomic E-state index is 12.8. The SMILES string of the molecule is CCCCCC1=NN2C(=N)/C(=C/c3cc(C)n(-c4ccc(C)c(Cl)c4)c3C)C(=O)N=C2S1. The molecule has 2 aromatic rings. The zero-order valence-electron chi connectivity index (χ0n) is 18.7. The molecule has 3 heterocycles. The summed E-state index contributed by atoms with van der Waals surface area (Å²) in [6.07, 6.45) is 5.90. The van der Waals surface area contributed by atoms with Gasteiger partial charge in [-0.2, -0.15) is 15.1 Å². The van der Waals surface area contributed by atoms with Gasteiger partial charge in [0.05, 0.1) is 5.57 Å². The van der Waals surface area contributed by atoms with Crippen molar-refractivity contribution in [3.05, 3.63) is 57.4 Å². The first-order valence-corrected chi connectivity index (χ1v) is 11.9. The van der Waals surface area contributed by atoms with Gasteiger partial charge in [0.15, 0.2) is 5.84 Å². The number of fused-ring (bicyclic) bond motifs is 1. The Kier molecular flexibility index (Phi) is 6.40. The number of aliphatic imine (C=N–C) groups is 1. The molecule has 0 fully saturated rings. The Bertz CT molecular complexity index is 1210. The van der Waals surface area contributed by atoms with Crippen LogP contribution in [0.15, 0.2) is 39.9 Å². The number of nitrogens with zero attached hydrogens (tertiary/aromatic N) is 4. The average molecular weight is 468 g/mol. The standard InChI is InChI=1S/C24H26ClN5OS/c1-5-6-7-8-21-28-30-22(26)19(23(31)27-24(30)32-21)12-17-11-15(3)29(16(17)4)18-10-9-14(2)20(25)13-18/h9-13,26H,5-8H2,1-4H3/b19-12-,26-22?. The first-order chi connectivity index (χ1) is 15.3. The number of halogens is 1. The van der Waals surface area contributed by atoms with Crippen LogP contribution in [0.5, 0.6) is 0 Å². The van der Waals surface area contributed by atoms with E-state index in [1.165, 1.54) is 16.8 Å². The maximum atomic E-state index is 12.8. The molecule has 2 aliphatic rings. The number of thioether (sulfide) groups is 1. The van der Waals surface area contributed by atoms with Crippen molar-refractivity contribution in [3.8, 4) is 5.69 Å². The van der Waals surface area contributed by atoms with Crippen molar-refractivity contribution in [1.82, 2.24) is 9.58 Å². The second-order valence-electron chi connectivity index (χ2n) is 8.07. The van der Waals surface area contributed by atoms with Crippen LogP contribution in [-0.4, -0.2) is 31.5 Å². The van der Waals surface area contributed by atoms with E-state index in [9.17, 15) is 4.79 Å². The molecule has 0 unspecified atom stereocenters. The number of aryl methyl sites for hydroxylation is 2. The smallest absolute Gasteiger partial charge is 0.283 e. The number of amidine groups is 2. The lowest BCUT2D eigenvalue weighted by molar-refractivity contribution is -0.114. The van der Waals surface area contributed by atoms with Gasteiger partial charge < -0.3 is 4.57 Å². The summed E-state index contributed by atoms with van der Waals surface area (Å²) in [5.41, 5.74) is 5.07. The summed E-state index contributed by atoms with van der Waals surface area (Å²) in [4.78, 5) is 17.0. The highest BCUT2D eigenvalue weighted by molar-refractivity contribution is 8.26. The summed E-state index contributed by atoms with van der Waals surface area (Å²) in [6, 6.07) is 7.97. The zero-order chi connectivity index (χ0) is 23.0. The molecule has 0 atom stereocenters. The van der Waals surface area contributed by atoms with Gasteiger partial charge in [-0.3, -0.25) is 10.2 Å². The molecule has 1 aromatic carbocycles. The number of carbonyl (C=O) groups excluding carboxylic acids is 1. The van der Waals surface area contributed by atoms with Crippen molar-refractivity contribution >= 4 is 51.4 Å². The number of hydrogen-bond acceptors (Lipinski definition) is 4. The fourth-order valence-corrected chi connectivity index (χ4v) is 4.97. The second kappa shape index (κ2) is 9.08. The van der Waals surface area contributed by atoms with Gasteiger partial charge in [0.25, 0.3) is 5.91 Å². The third-order valence-corrected chi connectivity index (χ3v) is 7.05. The first-order valence-electron chi connectivity index (χ1n) is 10.7. The molecule has 0 radical (unpaired) electrons. The molecule has 1 aromatic heterocycles. The molecule has 0 aliphatic carbocycles. The van der Waals surface area contributed by atoms with Gasteiger partial charge in [-0.05, 0) is 80.8 Å². The minimum atomic E-state index is -0.401. The van der Waals surface area contributed by atoms with Gasteiger partial charge in [0.1, 0.15) is 5.04 Å². The highest BCUT2D eigenvalue weighted by Crippen LogP contribution is 2.31. The number of unbranched alkanes of at least 4 members (excludes halogenated alkanes) is 2. The number of carbonyl (C=O) groups is 1. The molecule has 0 spiro atoms. The van der Waals surface area contributed by atoms with Gasteiger partial charge in [0, 0.05) is 22.1 Å². The summed E-state index contributed by atoms with van der Waals surface area (Å²) in [5.74, 6) is -0.330. The van der Waals surface area contributed by atoms with E-state index in [4.69, 9.17) is 17.0 Å². The molecule has 32 heavy (non-hydrogen) atoms. The number of rotatable bonds is 6. The fourth-order valence-electron chi connectivity index (χ4n) is 3.87. The number of aromatic nitrogens is 1. The highest BCUT2D eigenvalue weighted by Gasteiger charge is 2.35. The van der Waals surface area contributed by atoms with Gasteiger partial charge in [-0.25, -0.2) is 0 Å². The van der Waals surface area contributed by atoms with Crippen LogP contribution in [0.3, 0.4) is 0 Å². The van der Waals surface area contributed by atoms with Gasteiger partial charge in [0.2, 0.25) is 5.17 Å². The van der Waals surface area contributed by atoms with Crippen molar-refractivity contribution < 1.29 is 4.79 Å². The molecule has 0 saturated heterocycles. The van der Waals surface area contributed by atoms with Crippen molar-refractivity contribution in [2.45, 2.75) is 53.4 Å². The lowest BCUT2D eigenvalue weighted by atomic mass is 10.1. The van der Waals surface area contributed by atoms with E-state index >= 15 is 0 Å². The Labute approximate surface area is 197 Å². The van der Waals surface area contributed by atoms with Crippen molar-refractivity contribution in [2.75, 3.05) is 0 Å². The van der Waals surface area contributed by atoms with Crippen LogP contribution in [0.25, 0.3) is 11.8 Å². The van der Waals surface area contributed by atoms with Crippen molar-refractivity contribution in [2.24, 2.45) is 10.1 Å². The third kappa shape index (κ3) is 4.19. The van der Waals surface area contributed by atoms with Gasteiger partial charge in [-0.1, -0.05) is 37.4 Å². The van der Waals surface area contributed by atoms with Crippen LogP contribution in [0, 0.1) is 26.2 Å². The van der Waals surface area contributed by atoms with E-state index < -0.39 is 5.91 Å². The number of hydrogen-bond donors (Lipinski definition) is 1. The minimum Gasteiger partial charge on any atom is -0.318 e. The predicted molar refractivity (Wildman–Crippen MR) is 134 cm³/mol. The third-order valence-electron chi connectivity index (χ3n) is 5.67. The number of nitrogens with one attached hydrogen (secondary N) is 1. The van der Waals surface area contributed by atoms with E-state index in [0.717, 1.165) is 58.9 Å². The molecule has 2 aliphatic heterocycles. The zero-order valence-corrected chi connectivity index (χ0v) is 20.3. The van der Waals surface area contributed by atoms with E-state index in [1.807, 2.05) is 45.0 Å². The molecule has 0 bridgehead atoms. The van der Waals surface area contributed by atoms with Crippen LogP contribution in [-0.2, 0) is 4.79 Å². The molecular formula is C24H26ClN5OS. The Morgan fingerprint density at radius 2 is 1.97 bits per heavy atom. The molecule has 8 heteroatoms. The number of amides is 1. The molecule has 4 rings (SSSR count). The summed E-state index contributed by atoms with van der Waals surface area (Å²) in [7, 11) is 0. The highest BCUT2D eigenvalue weighted by atomic mass is 35.5. The average Bonchev–Trinajstić information content (AvgIpc) is 3.27. The maximum Gasteiger partial charge on any atom is 0.283 e. The number of hydrazone groups is 1. The summed E-state index contributed by atoms with van der Waals surface area (Å²) >= 11 is 7.73. The molecule has 0 saturated carbocycles. The molecule has 6 nitrogen and oxygen atoms in total. The predicted octanol–water partition coefficient (Wildman–Crippen LogP) is 6.26. The number of benzene rings is 1. The van der Waals surface area contributed by atoms with Crippen LogP contribution < -0.4 is 0 Å². The lowest BCUT2D eigenvalue weighted by Gasteiger charge is -2.20. The molecule has 166 valence electrons. The largest absolute Gasteiger partial charge is 0.318 e. The van der Waals surface area contributed by atoms with Gasteiger partial charge in [-0.15, -0.1) is 0 Å². The Morgan fingerprint density at radius 3 is 2.69 bits per heavy atom. The molecule has 1 amide bonds. The monoisotopic (exact) mass is 467 g/mol. The van der Waals surface area contributed by atoms with Crippen molar-refractivity contribution in [1.29, 1.82) is 5.41 Å². The minimum absolute atomic E-state index is 0.0705. The van der Waals surface area contributed by atoms with E-state index in [1.54, 1.807) is 6.08 Å². The van der Waals surface area contributed by atoms with Gasteiger partial charge >= 0.3 is 0 Å². The first kappa shape index (κ1) is 22.6. The fraction of sp³-hybridized carbons (Fsp3) is 0.333. The topological polar surface area (TPSA) is 73.8 Å². The summed E-state index contributed by atoms with van der Waals surface area (Å²) < 4.78 is 2.10. The lowest BCUT2D eigenvalue weighted by Crippen LogP contribution is -2.35. The quantitative estimate of drug-likeness (QED) is 0.402.